The van der Waals surface area contributed by atoms with Crippen LogP contribution in [0.15, 0.2) is 24.3 Å². The van der Waals surface area contributed by atoms with Crippen LogP contribution in [0.5, 0.6) is 0 Å². The van der Waals surface area contributed by atoms with Crippen molar-refractivity contribution in [1.82, 2.24) is 0 Å². The van der Waals surface area contributed by atoms with Gasteiger partial charge in [0.25, 0.3) is 0 Å². The molecule has 104 valence electrons. The molecular weight excluding hydrogens is 268 g/mol. The molecule has 4 heteroatoms. The fourth-order valence-electron chi connectivity index (χ4n) is 3.23. The van der Waals surface area contributed by atoms with Crippen LogP contribution in [-0.2, 0) is 14.9 Å². The minimum Gasteiger partial charge on any atom is -0.420 e. The quantitative estimate of drug-likeness (QED) is 0.794. The van der Waals surface area contributed by atoms with E-state index in [9.17, 15) is 0 Å². The van der Waals surface area contributed by atoms with E-state index >= 15 is 0 Å². The molecule has 1 aromatic carbocycles. The highest BCUT2D eigenvalue weighted by atomic mass is 28.3. The molecule has 0 saturated carbocycles. The lowest BCUT2D eigenvalue weighted by Crippen LogP contribution is -2.40. The Hall–Kier alpha value is -0.426. The van der Waals surface area contributed by atoms with Gasteiger partial charge in [-0.1, -0.05) is 37.1 Å². The summed E-state index contributed by atoms with van der Waals surface area (Å²) in [5, 5.41) is 1.57. The summed E-state index contributed by atoms with van der Waals surface area (Å²) in [4.78, 5) is 0. The number of rotatable bonds is 3. The van der Waals surface area contributed by atoms with Gasteiger partial charge in [0, 0.05) is 13.2 Å². The Kier molecular flexibility index (Phi) is 4.88. The molecule has 0 radical (unpaired) electrons. The van der Waals surface area contributed by atoms with E-state index in [2.05, 4.69) is 24.3 Å². The Morgan fingerprint density at radius 1 is 0.895 bits per heavy atom. The largest absolute Gasteiger partial charge is 0.420 e. The summed E-state index contributed by atoms with van der Waals surface area (Å²) in [6.45, 7) is 2.00. The predicted molar refractivity (Wildman–Crippen MR) is 84.1 cm³/mol. The zero-order valence-corrected chi connectivity index (χ0v) is 14.0. The molecule has 0 N–H and O–H groups in total. The van der Waals surface area contributed by atoms with Crippen molar-refractivity contribution in [2.24, 2.45) is 0 Å². The van der Waals surface area contributed by atoms with Crippen molar-refractivity contribution < 1.29 is 8.85 Å². The zero-order valence-electron chi connectivity index (χ0n) is 11.6. The van der Waals surface area contributed by atoms with E-state index in [0.29, 0.717) is 0 Å². The summed E-state index contributed by atoms with van der Waals surface area (Å²) in [6.07, 6.45) is 5.27. The number of hydrogen-bond acceptors (Lipinski definition) is 2. The molecule has 2 unspecified atom stereocenters. The molecule has 3 rings (SSSR count). The summed E-state index contributed by atoms with van der Waals surface area (Å²) in [5.41, 5.74) is 1.56. The van der Waals surface area contributed by atoms with Crippen molar-refractivity contribution in [3.05, 3.63) is 29.8 Å². The van der Waals surface area contributed by atoms with Crippen LogP contribution in [0.2, 0.25) is 12.1 Å². The number of hydrogen-bond donors (Lipinski definition) is 0. The molecule has 2 atom stereocenters. The maximum absolute atomic E-state index is 6.11. The molecule has 2 aliphatic rings. The van der Waals surface area contributed by atoms with Gasteiger partial charge in [-0.3, -0.25) is 0 Å². The second kappa shape index (κ2) is 6.84. The summed E-state index contributed by atoms with van der Waals surface area (Å²) in [5.74, 6) is 0. The lowest BCUT2D eigenvalue weighted by Gasteiger charge is -2.26. The minimum absolute atomic E-state index is 0.968. The molecule has 0 aromatic heterocycles. The monoisotopic (exact) mass is 292 g/mol. The van der Waals surface area contributed by atoms with Crippen LogP contribution in [0.1, 0.15) is 31.2 Å². The van der Waals surface area contributed by atoms with Gasteiger partial charge >= 0.3 is 0 Å². The van der Waals surface area contributed by atoms with Crippen LogP contribution in [0.3, 0.4) is 0 Å². The Morgan fingerprint density at radius 2 is 1.68 bits per heavy atom. The van der Waals surface area contributed by atoms with Crippen molar-refractivity contribution in [2.45, 2.75) is 43.8 Å². The van der Waals surface area contributed by atoms with Crippen LogP contribution in [0, 0.1) is 0 Å². The molecule has 2 fully saturated rings. The summed E-state index contributed by atoms with van der Waals surface area (Å²) in [6, 6.07) is 12.9. The van der Waals surface area contributed by atoms with Crippen molar-refractivity contribution in [2.75, 3.05) is 13.2 Å². The van der Waals surface area contributed by atoms with E-state index in [1.54, 1.807) is 10.8 Å². The van der Waals surface area contributed by atoms with Crippen molar-refractivity contribution in [1.29, 1.82) is 0 Å². The molecule has 2 aliphatic heterocycles. The topological polar surface area (TPSA) is 18.5 Å². The Bertz CT molecular complexity index is 399. The lowest BCUT2D eigenvalue weighted by molar-refractivity contribution is 0.286. The summed E-state index contributed by atoms with van der Waals surface area (Å²) >= 11 is 0. The molecule has 2 saturated heterocycles. The minimum atomic E-state index is -1.13. The Morgan fingerprint density at radius 3 is 2.42 bits per heavy atom. The predicted octanol–water partition coefficient (Wildman–Crippen LogP) is 2.04. The van der Waals surface area contributed by atoms with Gasteiger partial charge in [0.15, 0.2) is 9.04 Å². The number of benzene rings is 1. The Labute approximate surface area is 119 Å². The molecule has 0 bridgehead atoms. The molecule has 0 spiro atoms. The van der Waals surface area contributed by atoms with Gasteiger partial charge in [0.1, 0.15) is 0 Å². The van der Waals surface area contributed by atoms with Crippen LogP contribution in [0.4, 0.5) is 0 Å². The van der Waals surface area contributed by atoms with Crippen LogP contribution in [0.25, 0.3) is 0 Å². The van der Waals surface area contributed by atoms with E-state index in [-0.39, 0.29) is 0 Å². The van der Waals surface area contributed by atoms with E-state index in [1.165, 1.54) is 43.8 Å². The van der Waals surface area contributed by atoms with E-state index < -0.39 is 18.1 Å². The van der Waals surface area contributed by atoms with Crippen LogP contribution >= 0.6 is 0 Å². The average Bonchev–Trinajstić information content (AvgIpc) is 2.50. The zero-order chi connectivity index (χ0) is 12.9. The maximum Gasteiger partial charge on any atom is 0.208 e. The van der Waals surface area contributed by atoms with Gasteiger partial charge in [0.05, 0.1) is 0 Å². The second-order valence-corrected chi connectivity index (χ2v) is 10.8. The molecule has 0 amide bonds. The van der Waals surface area contributed by atoms with Crippen LogP contribution in [-0.4, -0.2) is 31.3 Å². The standard InChI is InChI=1S/C15H24O2Si2/c1-2-8-15(19-12-6-4-10-17-19)14(7-1)13-18-11-5-3-9-16-18/h1-2,7-8,18-19H,3-6,9-13H2. The highest BCUT2D eigenvalue weighted by Crippen LogP contribution is 2.17. The van der Waals surface area contributed by atoms with Crippen molar-refractivity contribution in [3.63, 3.8) is 0 Å². The highest BCUT2D eigenvalue weighted by molar-refractivity contribution is 6.68. The summed E-state index contributed by atoms with van der Waals surface area (Å²) in [7, 11) is -2.10. The van der Waals surface area contributed by atoms with Gasteiger partial charge in [-0.15, -0.1) is 0 Å². The maximum atomic E-state index is 6.11. The van der Waals surface area contributed by atoms with E-state index in [4.69, 9.17) is 8.85 Å². The molecule has 19 heavy (non-hydrogen) atoms. The first-order valence-corrected chi connectivity index (χ1v) is 11.7. The van der Waals surface area contributed by atoms with E-state index in [0.717, 1.165) is 13.2 Å². The van der Waals surface area contributed by atoms with Gasteiger partial charge in [-0.05, 0) is 41.7 Å². The third-order valence-corrected chi connectivity index (χ3v) is 9.79. The normalized spacial score (nSPS) is 28.2. The SMILES string of the molecule is c1ccc([SiH]2CCCCO2)c(C[SiH]2CCCCO2)c1. The first kappa shape index (κ1) is 13.6. The molecular formula is C15H24O2Si2. The van der Waals surface area contributed by atoms with Crippen molar-refractivity contribution in [3.8, 4) is 0 Å². The van der Waals surface area contributed by atoms with Crippen LogP contribution < -0.4 is 5.19 Å². The summed E-state index contributed by atoms with van der Waals surface area (Å²) < 4.78 is 12.1. The lowest BCUT2D eigenvalue weighted by atomic mass is 10.2. The second-order valence-electron chi connectivity index (χ2n) is 5.75. The molecule has 0 aliphatic carbocycles. The van der Waals surface area contributed by atoms with E-state index in [1.807, 2.05) is 0 Å². The third-order valence-electron chi connectivity index (χ3n) is 4.30. The fraction of sp³-hybridized carbons (Fsp3) is 0.600. The average molecular weight is 293 g/mol. The van der Waals surface area contributed by atoms with Gasteiger partial charge < -0.3 is 8.85 Å². The molecule has 2 nitrogen and oxygen atoms in total. The first-order valence-electron chi connectivity index (χ1n) is 7.74. The smallest absolute Gasteiger partial charge is 0.208 e. The molecule has 1 aromatic rings. The van der Waals surface area contributed by atoms with Gasteiger partial charge in [0.2, 0.25) is 9.04 Å². The highest BCUT2D eigenvalue weighted by Gasteiger charge is 2.24. The third kappa shape index (κ3) is 3.57. The first-order chi connectivity index (χ1) is 9.43. The van der Waals surface area contributed by atoms with Gasteiger partial charge in [-0.2, -0.15) is 0 Å². The van der Waals surface area contributed by atoms with Crippen molar-refractivity contribution >= 4 is 23.3 Å². The van der Waals surface area contributed by atoms with Gasteiger partial charge in [-0.25, -0.2) is 0 Å². The Balaban J connectivity index is 1.72. The fourth-order valence-corrected chi connectivity index (χ4v) is 8.79. The molecule has 2 heterocycles.